The van der Waals surface area contributed by atoms with Crippen LogP contribution in [0, 0.1) is 0 Å². The average Bonchev–Trinajstić information content (AvgIpc) is 2.74. The van der Waals surface area contributed by atoms with Crippen LogP contribution >= 0.6 is 11.8 Å². The Kier molecular flexibility index (Phi) is 5.38. The Labute approximate surface area is 137 Å². The number of amides is 3. The van der Waals surface area contributed by atoms with Gasteiger partial charge in [0.1, 0.15) is 0 Å². The van der Waals surface area contributed by atoms with Crippen LogP contribution in [0.5, 0.6) is 0 Å². The van der Waals surface area contributed by atoms with Gasteiger partial charge in [0, 0.05) is 24.8 Å². The normalized spacial score (nSPS) is 17.4. The van der Waals surface area contributed by atoms with Gasteiger partial charge in [-0.1, -0.05) is 0 Å². The Bertz CT molecular complexity index is 644. The lowest BCUT2D eigenvalue weighted by Crippen LogP contribution is -2.31. The number of nitrogens with one attached hydrogen (secondary N) is 1. The lowest BCUT2D eigenvalue weighted by Gasteiger charge is -2.15. The Hall–Kier alpha value is -2.35. The van der Waals surface area contributed by atoms with E-state index in [1.54, 1.807) is 24.3 Å². The molecule has 1 heterocycles. The Morgan fingerprint density at radius 1 is 1.30 bits per heavy atom. The van der Waals surface area contributed by atoms with Gasteiger partial charge in [-0.25, -0.2) is 4.90 Å². The molecule has 0 spiro atoms. The standard InChI is InChI=1S/C15H16N2O5S/c1-9(18)16-10-2-4-11(5-3-10)17-13(19)8-12(15(17)22)23-7-6-14(20)21/h2-5,12H,6-8H2,1H3,(H,16,18)(H,20,21). The highest BCUT2D eigenvalue weighted by Crippen LogP contribution is 2.30. The molecule has 0 saturated carbocycles. The van der Waals surface area contributed by atoms with Crippen molar-refractivity contribution in [3.05, 3.63) is 24.3 Å². The number of benzene rings is 1. The molecule has 0 aromatic heterocycles. The van der Waals surface area contributed by atoms with Crippen LogP contribution in [-0.2, 0) is 19.2 Å². The van der Waals surface area contributed by atoms with Gasteiger partial charge in [-0.3, -0.25) is 19.2 Å². The number of carboxylic acids is 1. The van der Waals surface area contributed by atoms with Crippen LogP contribution in [0.4, 0.5) is 11.4 Å². The molecular formula is C15H16N2O5S. The van der Waals surface area contributed by atoms with E-state index in [4.69, 9.17) is 5.11 Å². The zero-order valence-corrected chi connectivity index (χ0v) is 13.3. The fraction of sp³-hybridized carbons (Fsp3) is 0.333. The van der Waals surface area contributed by atoms with Gasteiger partial charge >= 0.3 is 5.97 Å². The number of carbonyl (C=O) groups excluding carboxylic acids is 3. The molecule has 0 aliphatic carbocycles. The Morgan fingerprint density at radius 3 is 2.52 bits per heavy atom. The molecule has 23 heavy (non-hydrogen) atoms. The molecule has 2 N–H and O–H groups in total. The number of aliphatic carboxylic acids is 1. The molecule has 1 unspecified atom stereocenters. The second-order valence-electron chi connectivity index (χ2n) is 5.00. The van der Waals surface area contributed by atoms with E-state index in [-0.39, 0.29) is 36.3 Å². The van der Waals surface area contributed by atoms with Gasteiger partial charge in [0.15, 0.2) is 0 Å². The molecular weight excluding hydrogens is 320 g/mol. The minimum absolute atomic E-state index is 0.0476. The van der Waals surface area contributed by atoms with Crippen LogP contribution < -0.4 is 10.2 Å². The van der Waals surface area contributed by atoms with Crippen LogP contribution in [0.25, 0.3) is 0 Å². The molecule has 0 radical (unpaired) electrons. The maximum atomic E-state index is 12.3. The van der Waals surface area contributed by atoms with E-state index in [9.17, 15) is 19.2 Å². The number of hydrogen-bond acceptors (Lipinski definition) is 5. The third-order valence-corrected chi connectivity index (χ3v) is 4.40. The summed E-state index contributed by atoms with van der Waals surface area (Å²) in [5.41, 5.74) is 1.02. The summed E-state index contributed by atoms with van der Waals surface area (Å²) in [6, 6.07) is 6.40. The first kappa shape index (κ1) is 17.0. The van der Waals surface area contributed by atoms with Crippen molar-refractivity contribution in [2.24, 2.45) is 0 Å². The van der Waals surface area contributed by atoms with Gasteiger partial charge in [0.25, 0.3) is 0 Å². The van der Waals surface area contributed by atoms with Gasteiger partial charge in [-0.05, 0) is 24.3 Å². The summed E-state index contributed by atoms with van der Waals surface area (Å²) in [4.78, 5) is 47.0. The van der Waals surface area contributed by atoms with Crippen molar-refractivity contribution in [1.82, 2.24) is 0 Å². The molecule has 1 saturated heterocycles. The molecule has 1 aromatic carbocycles. The second-order valence-corrected chi connectivity index (χ2v) is 6.31. The summed E-state index contributed by atoms with van der Waals surface area (Å²) in [7, 11) is 0. The Morgan fingerprint density at radius 2 is 1.96 bits per heavy atom. The lowest BCUT2D eigenvalue weighted by atomic mass is 10.2. The van der Waals surface area contributed by atoms with Crippen LogP contribution in [-0.4, -0.2) is 39.8 Å². The summed E-state index contributed by atoms with van der Waals surface area (Å²) >= 11 is 1.18. The van der Waals surface area contributed by atoms with E-state index in [1.807, 2.05) is 0 Å². The van der Waals surface area contributed by atoms with Crippen molar-refractivity contribution in [2.75, 3.05) is 16.0 Å². The van der Waals surface area contributed by atoms with Crippen molar-refractivity contribution < 1.29 is 24.3 Å². The van der Waals surface area contributed by atoms with Gasteiger partial charge in [-0.15, -0.1) is 11.8 Å². The van der Waals surface area contributed by atoms with Crippen molar-refractivity contribution >= 4 is 46.8 Å². The maximum Gasteiger partial charge on any atom is 0.304 e. The fourth-order valence-corrected chi connectivity index (χ4v) is 3.28. The van der Waals surface area contributed by atoms with Crippen LogP contribution in [0.2, 0.25) is 0 Å². The third-order valence-electron chi connectivity index (χ3n) is 3.19. The van der Waals surface area contributed by atoms with Gasteiger partial charge < -0.3 is 10.4 Å². The monoisotopic (exact) mass is 336 g/mol. The summed E-state index contributed by atoms with van der Waals surface area (Å²) in [5.74, 6) is -1.50. The predicted octanol–water partition coefficient (Wildman–Crippen LogP) is 1.48. The van der Waals surface area contributed by atoms with Crippen LogP contribution in [0.1, 0.15) is 19.8 Å². The second kappa shape index (κ2) is 7.28. The molecule has 7 nitrogen and oxygen atoms in total. The molecule has 1 aliphatic heterocycles. The number of nitrogens with zero attached hydrogens (tertiary/aromatic N) is 1. The van der Waals surface area contributed by atoms with Crippen molar-refractivity contribution in [3.63, 3.8) is 0 Å². The van der Waals surface area contributed by atoms with E-state index < -0.39 is 11.2 Å². The number of rotatable bonds is 6. The molecule has 1 aromatic rings. The quantitative estimate of drug-likeness (QED) is 0.763. The Balaban J connectivity index is 2.04. The minimum Gasteiger partial charge on any atom is -0.481 e. The average molecular weight is 336 g/mol. The highest BCUT2D eigenvalue weighted by atomic mass is 32.2. The smallest absolute Gasteiger partial charge is 0.304 e. The predicted molar refractivity (Wildman–Crippen MR) is 86.4 cm³/mol. The maximum absolute atomic E-state index is 12.3. The lowest BCUT2D eigenvalue weighted by molar-refractivity contribution is -0.136. The van der Waals surface area contributed by atoms with Crippen molar-refractivity contribution in [3.8, 4) is 0 Å². The molecule has 3 amide bonds. The first-order valence-electron chi connectivity index (χ1n) is 6.96. The number of imide groups is 1. The number of carboxylic acid groups (broad SMARTS) is 1. The SMILES string of the molecule is CC(=O)Nc1ccc(N2C(=O)CC(SCCC(=O)O)C2=O)cc1. The van der Waals surface area contributed by atoms with E-state index in [0.717, 1.165) is 4.90 Å². The van der Waals surface area contributed by atoms with E-state index in [2.05, 4.69) is 5.32 Å². The van der Waals surface area contributed by atoms with E-state index in [0.29, 0.717) is 11.4 Å². The first-order valence-corrected chi connectivity index (χ1v) is 8.01. The van der Waals surface area contributed by atoms with Gasteiger partial charge in [-0.2, -0.15) is 0 Å². The van der Waals surface area contributed by atoms with E-state index >= 15 is 0 Å². The van der Waals surface area contributed by atoms with Gasteiger partial charge in [0.2, 0.25) is 17.7 Å². The zero-order valence-electron chi connectivity index (χ0n) is 12.4. The summed E-state index contributed by atoms with van der Waals surface area (Å²) in [6.07, 6.45) is 0.0185. The fourth-order valence-electron chi connectivity index (χ4n) is 2.19. The topological polar surface area (TPSA) is 104 Å². The largest absolute Gasteiger partial charge is 0.481 e. The summed E-state index contributed by atoms with van der Waals surface area (Å²) in [5, 5.41) is 10.7. The number of thioether (sulfide) groups is 1. The number of anilines is 2. The van der Waals surface area contributed by atoms with E-state index in [1.165, 1.54) is 18.7 Å². The first-order chi connectivity index (χ1) is 10.9. The highest BCUT2D eigenvalue weighted by molar-refractivity contribution is 8.00. The van der Waals surface area contributed by atoms with Crippen LogP contribution in [0.3, 0.4) is 0 Å². The molecule has 8 heteroatoms. The minimum atomic E-state index is -0.931. The van der Waals surface area contributed by atoms with Gasteiger partial charge in [0.05, 0.1) is 17.4 Å². The molecule has 0 bridgehead atoms. The third kappa shape index (κ3) is 4.32. The molecule has 1 fully saturated rings. The number of carbonyl (C=O) groups is 4. The molecule has 2 rings (SSSR count). The highest BCUT2D eigenvalue weighted by Gasteiger charge is 2.39. The summed E-state index contributed by atoms with van der Waals surface area (Å²) in [6.45, 7) is 1.39. The van der Waals surface area contributed by atoms with Crippen molar-refractivity contribution in [1.29, 1.82) is 0 Å². The van der Waals surface area contributed by atoms with Crippen LogP contribution in [0.15, 0.2) is 24.3 Å². The van der Waals surface area contributed by atoms with Crippen molar-refractivity contribution in [2.45, 2.75) is 25.0 Å². The number of hydrogen-bond donors (Lipinski definition) is 2. The zero-order chi connectivity index (χ0) is 17.0. The molecule has 1 atom stereocenters. The molecule has 1 aliphatic rings. The summed E-state index contributed by atoms with van der Waals surface area (Å²) < 4.78 is 0. The molecule has 122 valence electrons.